The van der Waals surface area contributed by atoms with E-state index >= 15 is 0 Å². The van der Waals surface area contributed by atoms with Crippen molar-refractivity contribution < 1.29 is 4.74 Å². The summed E-state index contributed by atoms with van der Waals surface area (Å²) in [5.41, 5.74) is 5.68. The Balaban J connectivity index is 1.67. The Bertz CT molecular complexity index is 1540. The van der Waals surface area contributed by atoms with E-state index in [1.54, 1.807) is 18.4 Å². The third-order valence-electron chi connectivity index (χ3n) is 6.12. The lowest BCUT2D eigenvalue weighted by Crippen LogP contribution is -2.38. The van der Waals surface area contributed by atoms with Crippen LogP contribution in [0.1, 0.15) is 34.0 Å². The maximum atomic E-state index is 13.7. The van der Waals surface area contributed by atoms with Gasteiger partial charge in [0.15, 0.2) is 4.80 Å². The standard InChI is InChI=1S/C26H20N2O2S2/c1-30-21-11-5-4-10-19(21)24-20-13-12-16-7-2-3-9-18(16)23(20)27-26-28(24)25(29)22(32-26)15-17-8-6-14-31-17/h2-11,14-15,24H,12-13H2,1H3/b22-15-/t24-/m1/s1. The average Bonchev–Trinajstić information content (AvgIpc) is 3.46. The van der Waals surface area contributed by atoms with Gasteiger partial charge in [0.25, 0.3) is 5.56 Å². The van der Waals surface area contributed by atoms with E-state index in [0.29, 0.717) is 4.53 Å². The summed E-state index contributed by atoms with van der Waals surface area (Å²) < 4.78 is 8.30. The molecule has 6 rings (SSSR count). The summed E-state index contributed by atoms with van der Waals surface area (Å²) in [6.45, 7) is 0. The molecule has 0 N–H and O–H groups in total. The number of benzene rings is 2. The van der Waals surface area contributed by atoms with E-state index in [1.165, 1.54) is 28.0 Å². The molecule has 6 heteroatoms. The van der Waals surface area contributed by atoms with Crippen molar-refractivity contribution in [3.05, 3.63) is 113 Å². The van der Waals surface area contributed by atoms with Crippen LogP contribution in [-0.2, 0) is 6.42 Å². The van der Waals surface area contributed by atoms with Gasteiger partial charge in [0.1, 0.15) is 5.75 Å². The summed E-state index contributed by atoms with van der Waals surface area (Å²) in [4.78, 5) is 20.5. The van der Waals surface area contributed by atoms with Crippen LogP contribution >= 0.6 is 22.7 Å². The van der Waals surface area contributed by atoms with Crippen molar-refractivity contribution in [2.24, 2.45) is 4.99 Å². The number of hydrogen-bond donors (Lipinski definition) is 0. The highest BCUT2D eigenvalue weighted by molar-refractivity contribution is 7.11. The number of allylic oxidation sites excluding steroid dienone is 1. The molecule has 0 unspecified atom stereocenters. The zero-order valence-electron chi connectivity index (χ0n) is 17.4. The molecule has 32 heavy (non-hydrogen) atoms. The van der Waals surface area contributed by atoms with Crippen LogP contribution in [0, 0.1) is 0 Å². The Morgan fingerprint density at radius 2 is 1.91 bits per heavy atom. The van der Waals surface area contributed by atoms with Gasteiger partial charge in [-0.15, -0.1) is 11.3 Å². The zero-order chi connectivity index (χ0) is 21.7. The first-order valence-corrected chi connectivity index (χ1v) is 12.2. The minimum Gasteiger partial charge on any atom is -0.496 e. The van der Waals surface area contributed by atoms with E-state index in [4.69, 9.17) is 9.73 Å². The summed E-state index contributed by atoms with van der Waals surface area (Å²) >= 11 is 3.09. The van der Waals surface area contributed by atoms with Gasteiger partial charge >= 0.3 is 0 Å². The summed E-state index contributed by atoms with van der Waals surface area (Å²) in [6, 6.07) is 20.3. The second kappa shape index (κ2) is 7.73. The number of nitrogens with zero attached hydrogens (tertiary/aromatic N) is 2. The predicted octanol–water partition coefficient (Wildman–Crippen LogP) is 4.39. The third kappa shape index (κ3) is 3.02. The first kappa shape index (κ1) is 19.5. The predicted molar refractivity (Wildman–Crippen MR) is 130 cm³/mol. The van der Waals surface area contributed by atoms with Crippen molar-refractivity contribution in [2.45, 2.75) is 18.9 Å². The molecule has 2 aromatic heterocycles. The van der Waals surface area contributed by atoms with Crippen molar-refractivity contribution in [3.63, 3.8) is 0 Å². The van der Waals surface area contributed by atoms with E-state index in [9.17, 15) is 4.79 Å². The highest BCUT2D eigenvalue weighted by atomic mass is 32.1. The van der Waals surface area contributed by atoms with E-state index in [2.05, 4.69) is 30.3 Å². The van der Waals surface area contributed by atoms with Gasteiger partial charge in [-0.2, -0.15) is 0 Å². The van der Waals surface area contributed by atoms with Crippen LogP contribution < -0.4 is 19.6 Å². The molecule has 2 aliphatic rings. The Kier molecular flexibility index (Phi) is 4.70. The lowest BCUT2D eigenvalue weighted by Gasteiger charge is -2.31. The fraction of sp³-hybridized carbons (Fsp3) is 0.154. The number of fused-ring (bicyclic) bond motifs is 3. The van der Waals surface area contributed by atoms with Crippen LogP contribution in [0.2, 0.25) is 0 Å². The minimum atomic E-state index is -0.226. The number of para-hydroxylation sites is 1. The Morgan fingerprint density at radius 3 is 2.75 bits per heavy atom. The number of methoxy groups -OCH3 is 1. The minimum absolute atomic E-state index is 0.00321. The monoisotopic (exact) mass is 456 g/mol. The van der Waals surface area contributed by atoms with Crippen LogP contribution in [0.15, 0.2) is 81.4 Å². The summed E-state index contributed by atoms with van der Waals surface area (Å²) in [5, 5.41) is 2.02. The molecule has 1 atom stereocenters. The molecule has 4 nitrogen and oxygen atoms in total. The van der Waals surface area contributed by atoms with Crippen LogP contribution in [0.25, 0.3) is 11.8 Å². The van der Waals surface area contributed by atoms with Gasteiger partial charge in [-0.3, -0.25) is 9.36 Å². The molecule has 0 spiro atoms. The molecule has 2 aromatic carbocycles. The van der Waals surface area contributed by atoms with Gasteiger partial charge in [0.05, 0.1) is 23.4 Å². The maximum absolute atomic E-state index is 13.7. The number of rotatable bonds is 3. The van der Waals surface area contributed by atoms with Crippen LogP contribution in [0.4, 0.5) is 0 Å². The van der Waals surface area contributed by atoms with Crippen LogP contribution in [0.3, 0.4) is 0 Å². The lowest BCUT2D eigenvalue weighted by molar-refractivity contribution is 0.402. The normalized spacial score (nSPS) is 17.4. The highest BCUT2D eigenvalue weighted by Crippen LogP contribution is 2.43. The number of ether oxygens (including phenoxy) is 1. The number of thiazole rings is 1. The molecule has 4 aromatic rings. The topological polar surface area (TPSA) is 43.6 Å². The Morgan fingerprint density at radius 1 is 1.06 bits per heavy atom. The number of thiophene rings is 1. The molecule has 0 saturated carbocycles. The number of hydrogen-bond acceptors (Lipinski definition) is 5. The maximum Gasteiger partial charge on any atom is 0.271 e. The van der Waals surface area contributed by atoms with Gasteiger partial charge < -0.3 is 4.74 Å². The number of aryl methyl sites for hydroxylation is 1. The molecular weight excluding hydrogens is 436 g/mol. The number of aromatic nitrogens is 1. The summed E-state index contributed by atoms with van der Waals surface area (Å²) in [6.07, 6.45) is 3.79. The van der Waals surface area contributed by atoms with Gasteiger partial charge in [-0.1, -0.05) is 59.9 Å². The molecule has 1 aliphatic carbocycles. The van der Waals surface area contributed by atoms with Crippen LogP contribution in [-0.4, -0.2) is 11.7 Å². The highest BCUT2D eigenvalue weighted by Gasteiger charge is 2.33. The fourth-order valence-corrected chi connectivity index (χ4v) is 6.42. The van der Waals surface area contributed by atoms with Crippen molar-refractivity contribution >= 4 is 34.4 Å². The van der Waals surface area contributed by atoms with Crippen LogP contribution in [0.5, 0.6) is 5.75 Å². The molecule has 0 bridgehead atoms. The molecule has 3 heterocycles. The first-order valence-electron chi connectivity index (χ1n) is 10.5. The van der Waals surface area contributed by atoms with Crippen molar-refractivity contribution in [1.82, 2.24) is 4.57 Å². The second-order valence-corrected chi connectivity index (χ2v) is 9.86. The average molecular weight is 457 g/mol. The van der Waals surface area contributed by atoms with Crippen molar-refractivity contribution in [3.8, 4) is 5.75 Å². The van der Waals surface area contributed by atoms with E-state index in [0.717, 1.165) is 39.5 Å². The van der Waals surface area contributed by atoms with Gasteiger partial charge in [0.2, 0.25) is 0 Å². The summed E-state index contributed by atoms with van der Waals surface area (Å²) in [7, 11) is 1.69. The third-order valence-corrected chi connectivity index (χ3v) is 7.93. The molecule has 0 saturated heterocycles. The molecule has 1 aliphatic heterocycles. The SMILES string of the molecule is COc1ccccc1[C@@H]1C2=C(N=c3s/c(=C\c4cccs4)c(=O)n31)c1ccccc1CC2. The Hall–Kier alpha value is -3.22. The van der Waals surface area contributed by atoms with E-state index < -0.39 is 0 Å². The fourth-order valence-electron chi connectivity index (χ4n) is 4.69. The van der Waals surface area contributed by atoms with Gasteiger partial charge in [-0.05, 0) is 47.6 Å². The van der Waals surface area contributed by atoms with Gasteiger partial charge in [0, 0.05) is 16.0 Å². The Labute approximate surface area is 193 Å². The lowest BCUT2D eigenvalue weighted by atomic mass is 9.83. The van der Waals surface area contributed by atoms with E-state index in [-0.39, 0.29) is 11.6 Å². The van der Waals surface area contributed by atoms with Crippen molar-refractivity contribution in [2.75, 3.05) is 7.11 Å². The smallest absolute Gasteiger partial charge is 0.271 e. The van der Waals surface area contributed by atoms with Crippen molar-refractivity contribution in [1.29, 1.82) is 0 Å². The second-order valence-electron chi connectivity index (χ2n) is 7.87. The molecule has 0 fully saturated rings. The molecule has 158 valence electrons. The molecule has 0 amide bonds. The van der Waals surface area contributed by atoms with Gasteiger partial charge in [-0.25, -0.2) is 4.99 Å². The zero-order valence-corrected chi connectivity index (χ0v) is 19.1. The largest absolute Gasteiger partial charge is 0.496 e. The first-order chi connectivity index (χ1) is 15.7. The quantitative estimate of drug-likeness (QED) is 0.459. The molecule has 0 radical (unpaired) electrons. The van der Waals surface area contributed by atoms with E-state index in [1.807, 2.05) is 46.4 Å². The molecular formula is C26H20N2O2S2. The summed E-state index contributed by atoms with van der Waals surface area (Å²) in [5.74, 6) is 0.790.